The van der Waals surface area contributed by atoms with E-state index in [1.165, 1.54) is 0 Å². The lowest BCUT2D eigenvalue weighted by atomic mass is 9.95. The molecule has 0 saturated carbocycles. The van der Waals surface area contributed by atoms with Gasteiger partial charge in [-0.15, -0.1) is 0 Å². The van der Waals surface area contributed by atoms with Gasteiger partial charge in [0.25, 0.3) is 0 Å². The fraction of sp³-hybridized carbons (Fsp3) is 0.600. The molecule has 0 fully saturated rings. The second kappa shape index (κ2) is 47.2. The van der Waals surface area contributed by atoms with Gasteiger partial charge in [-0.3, -0.25) is 38.4 Å². The molecule has 0 radical (unpaired) electrons. The molecule has 2 unspecified atom stereocenters. The Labute approximate surface area is 643 Å². The molecule has 0 aromatic rings. The summed E-state index contributed by atoms with van der Waals surface area (Å²) in [7, 11) is 0. The van der Waals surface area contributed by atoms with Crippen molar-refractivity contribution in [2.45, 2.75) is 280 Å². The van der Waals surface area contributed by atoms with E-state index in [4.69, 9.17) is 65.4 Å². The van der Waals surface area contributed by atoms with Crippen LogP contribution in [0.15, 0.2) is 140 Å². The van der Waals surface area contributed by atoms with Gasteiger partial charge in [0.05, 0.1) is 20.1 Å². The average molecular weight is 1620 g/mol. The van der Waals surface area contributed by atoms with Crippen molar-refractivity contribution in [1.29, 1.82) is 0 Å². The zero-order valence-electron chi connectivity index (χ0n) is 60.3. The first-order chi connectivity index (χ1) is 51.0. The lowest BCUT2D eigenvalue weighted by Crippen LogP contribution is -2.19. The number of carbonyl (C=O) groups excluding carboxylic acids is 8. The number of rotatable bonds is 16. The largest absolute Gasteiger partial charge is 0.462 e. The molecule has 0 N–H and O–H groups in total. The number of Topliss-reactive ketones (excluding diaryl/α,β-unsaturated/α-hetero) is 4. The maximum atomic E-state index is 13.3. The second-order valence-corrected chi connectivity index (χ2v) is 29.3. The van der Waals surface area contributed by atoms with Crippen molar-refractivity contribution in [3.63, 3.8) is 0 Å². The van der Waals surface area contributed by atoms with E-state index < -0.39 is 145 Å². The molecule has 1 aliphatic heterocycles. The molecular weight excluding hydrogens is 1520 g/mol. The van der Waals surface area contributed by atoms with Crippen molar-refractivity contribution in [3.8, 4) is 0 Å². The number of ketones is 4. The normalized spacial score (nSPS) is 28.0. The van der Waals surface area contributed by atoms with E-state index in [-0.39, 0.29) is 222 Å². The molecule has 108 heavy (non-hydrogen) atoms. The van der Waals surface area contributed by atoms with Crippen molar-refractivity contribution < 1.29 is 110 Å². The molecule has 5 aliphatic rings. The van der Waals surface area contributed by atoms with Gasteiger partial charge < -0.3 is 18.9 Å². The number of fused-ring (bicyclic) bond motifs is 4. The van der Waals surface area contributed by atoms with E-state index in [2.05, 4.69) is 0 Å². The summed E-state index contributed by atoms with van der Waals surface area (Å²) in [5.74, 6) is -6.53. The van der Waals surface area contributed by atoms with Crippen LogP contribution in [0.3, 0.4) is 0 Å². The number of unbranched alkanes of at least 4 members (excludes halogenated alkanes) is 4. The lowest BCUT2D eigenvalue weighted by molar-refractivity contribution is -0.150. The highest BCUT2D eigenvalue weighted by molar-refractivity contribution is 6.47. The SMILES string of the molecule is O=C1CCC/C=C\CC2C=C(Cl)C(=O)/C2=C\C[C@@H](CCCCC(F)(F)F)OC(=O)CCC/C=C\C[C@H]2C=C(Cl)C(=O)/C2=C/C[C@H](CCCCC(F)(F)F)OC(=O)CCC/C=C\CC2C=C(Cl)C(=O)/C2=C/C[C@@H](CCCCC(F)(F)F)OC(=O)CCC/C=C\C[C@H]2C=C(Cl)C(=O)/C2=C\C[C@H](CCCCC(F)(F)F)O1. The Morgan fingerprint density at radius 3 is 0.667 bits per heavy atom. The van der Waals surface area contributed by atoms with Crippen LogP contribution in [0.4, 0.5) is 52.7 Å². The van der Waals surface area contributed by atoms with E-state index in [1.807, 2.05) is 0 Å². The Balaban J connectivity index is 1.34. The van der Waals surface area contributed by atoms with Crippen molar-refractivity contribution in [1.82, 2.24) is 0 Å². The van der Waals surface area contributed by atoms with Crippen LogP contribution in [-0.4, -0.2) is 96.1 Å². The summed E-state index contributed by atoms with van der Waals surface area (Å²) in [5.41, 5.74) is 1.15. The number of hydrogen-bond acceptors (Lipinski definition) is 12. The molecule has 0 aromatic heterocycles. The number of halogens is 16. The van der Waals surface area contributed by atoms with Crippen molar-refractivity contribution in [3.05, 3.63) is 140 Å². The van der Waals surface area contributed by atoms with Crippen molar-refractivity contribution >= 4 is 93.4 Å². The molecule has 0 aromatic carbocycles. The summed E-state index contributed by atoms with van der Waals surface area (Å²) in [6, 6.07) is 0. The molecule has 4 aliphatic carbocycles. The van der Waals surface area contributed by atoms with E-state index in [9.17, 15) is 91.0 Å². The number of ether oxygens (including phenoxy) is 4. The number of hydrogen-bond donors (Lipinski definition) is 0. The van der Waals surface area contributed by atoms with Gasteiger partial charge in [-0.2, -0.15) is 52.7 Å². The Morgan fingerprint density at radius 1 is 0.287 bits per heavy atom. The molecule has 0 bridgehead atoms. The third-order valence-corrected chi connectivity index (χ3v) is 19.9. The van der Waals surface area contributed by atoms with Gasteiger partial charge in [0, 0.05) is 123 Å². The Kier molecular flexibility index (Phi) is 40.4. The number of esters is 4. The third kappa shape index (κ3) is 37.2. The predicted octanol–water partition coefficient (Wildman–Crippen LogP) is 23.2. The number of allylic oxidation sites excluding steroid dienone is 20. The van der Waals surface area contributed by atoms with Gasteiger partial charge in [0.2, 0.25) is 0 Å². The van der Waals surface area contributed by atoms with Crippen LogP contribution in [0.1, 0.15) is 231 Å². The molecule has 5 rings (SSSR count). The van der Waals surface area contributed by atoms with Crippen LogP contribution in [0.2, 0.25) is 0 Å². The van der Waals surface area contributed by atoms with Crippen LogP contribution >= 0.6 is 46.4 Å². The summed E-state index contributed by atoms with van der Waals surface area (Å²) < 4.78 is 181. The molecule has 600 valence electrons. The first kappa shape index (κ1) is 92.4. The van der Waals surface area contributed by atoms with E-state index >= 15 is 0 Å². The Morgan fingerprint density at radius 2 is 0.481 bits per heavy atom. The first-order valence-corrected chi connectivity index (χ1v) is 38.7. The number of alkyl halides is 12. The van der Waals surface area contributed by atoms with E-state index in [0.29, 0.717) is 25.7 Å². The molecule has 28 heteroatoms. The second-order valence-electron chi connectivity index (χ2n) is 27.7. The maximum Gasteiger partial charge on any atom is 0.389 e. The fourth-order valence-electron chi connectivity index (χ4n) is 13.0. The predicted molar refractivity (Wildman–Crippen MR) is 389 cm³/mol. The quantitative estimate of drug-likeness (QED) is 0.0471. The third-order valence-electron chi connectivity index (χ3n) is 18.7. The van der Waals surface area contributed by atoms with Gasteiger partial charge in [0.1, 0.15) is 24.4 Å². The Hall–Kier alpha value is -6.24. The van der Waals surface area contributed by atoms with Crippen LogP contribution in [0.5, 0.6) is 0 Å². The molecule has 1 heterocycles. The van der Waals surface area contributed by atoms with Crippen LogP contribution in [0, 0.1) is 23.7 Å². The van der Waals surface area contributed by atoms with Gasteiger partial charge in [-0.05, 0) is 154 Å². The summed E-state index contributed by atoms with van der Waals surface area (Å²) in [6.45, 7) is 0. The number of cyclic esters (lactones) is 4. The summed E-state index contributed by atoms with van der Waals surface area (Å²) in [6.07, 6.45) is 4.06. The monoisotopic (exact) mass is 1620 g/mol. The summed E-state index contributed by atoms with van der Waals surface area (Å²) in [4.78, 5) is 106. The van der Waals surface area contributed by atoms with Gasteiger partial charge in [0.15, 0.2) is 23.1 Å². The van der Waals surface area contributed by atoms with Gasteiger partial charge >= 0.3 is 48.6 Å². The molecule has 8 atom stereocenters. The summed E-state index contributed by atoms with van der Waals surface area (Å²) in [5, 5.41) is -0.226. The van der Waals surface area contributed by atoms with Crippen LogP contribution < -0.4 is 0 Å². The summed E-state index contributed by atoms with van der Waals surface area (Å²) >= 11 is 25.3. The highest BCUT2D eigenvalue weighted by Gasteiger charge is 2.35. The van der Waals surface area contributed by atoms with Crippen LogP contribution in [0.25, 0.3) is 0 Å². The topological polar surface area (TPSA) is 173 Å². The number of carbonyl (C=O) groups is 8. The molecular formula is C80H96Cl4F12O12. The van der Waals surface area contributed by atoms with E-state index in [0.717, 1.165) is 0 Å². The smallest absolute Gasteiger partial charge is 0.389 e. The molecule has 0 spiro atoms. The lowest BCUT2D eigenvalue weighted by Gasteiger charge is -2.18. The fourth-order valence-corrected chi connectivity index (χ4v) is 14.0. The van der Waals surface area contributed by atoms with Crippen molar-refractivity contribution in [2.75, 3.05) is 0 Å². The average Bonchev–Trinajstić information content (AvgIpc) is 1.71. The first-order valence-electron chi connectivity index (χ1n) is 37.2. The minimum Gasteiger partial charge on any atom is -0.462 e. The minimum absolute atomic E-state index is 0.0128. The Bertz CT molecular complexity index is 2980. The maximum absolute atomic E-state index is 13.3. The van der Waals surface area contributed by atoms with Crippen LogP contribution in [-0.2, 0) is 57.3 Å². The van der Waals surface area contributed by atoms with Gasteiger partial charge in [-0.1, -0.05) is 144 Å². The van der Waals surface area contributed by atoms with Crippen molar-refractivity contribution in [2.24, 2.45) is 23.7 Å². The molecule has 12 nitrogen and oxygen atoms in total. The molecule has 0 saturated heterocycles. The zero-order chi connectivity index (χ0) is 79.5. The highest BCUT2D eigenvalue weighted by atomic mass is 35.5. The molecule has 0 amide bonds. The minimum atomic E-state index is -4.41. The zero-order valence-corrected chi connectivity index (χ0v) is 63.3. The van der Waals surface area contributed by atoms with E-state index in [1.54, 1.807) is 97.2 Å². The standard InChI is InChI=1S/C80H96Cl4F12O12/c81-65-49-53-25-9-1-5-13-33-69(97)105-57(29-17-21-45-77(85,86)87)38-42-62-54(50-66(82)74(62)102)26-10-3-7-15-35-71(99)107-59(31-19-23-47-79(91,92)93)40-44-64-56(52-68(84)76(64)104)28-12-4-8-16-36-72(100)108-60(32-20-24-48-80(94,95)96)39-43-63-55(51-67(83)75(63)103)27-11-2-6-14-34-70(98)106-58(37-41-61(53)73(65)101)30-18-22-46-78(88,89)90/h1-4,9-12,41-44,49-60H,5-8,13-40,45-48H2/b9-1-,10-3-,11-2-,12-4-,61-41-,62-42-,63-43+,64-44+/t53?,54-,55-,56?,57-,58+,59+,60-/m0/s1. The van der Waals surface area contributed by atoms with Gasteiger partial charge in [-0.25, -0.2) is 0 Å². The highest BCUT2D eigenvalue weighted by Crippen LogP contribution is 2.38.